The van der Waals surface area contributed by atoms with Gasteiger partial charge >= 0.3 is 0 Å². The number of aromatic nitrogens is 2. The first-order chi connectivity index (χ1) is 8.90. The molecule has 6 heteroatoms. The number of ketones is 1. The summed E-state index contributed by atoms with van der Waals surface area (Å²) < 4.78 is 2.35. The number of nitrogen functional groups attached to an aromatic ring is 1. The van der Waals surface area contributed by atoms with Crippen molar-refractivity contribution in [2.45, 2.75) is 13.3 Å². The summed E-state index contributed by atoms with van der Waals surface area (Å²) in [5.41, 5.74) is 8.34. The molecule has 2 N–H and O–H groups in total. The summed E-state index contributed by atoms with van der Waals surface area (Å²) in [6.07, 6.45) is 0.215. The van der Waals surface area contributed by atoms with Gasteiger partial charge in [-0.25, -0.2) is 0 Å². The summed E-state index contributed by atoms with van der Waals surface area (Å²) in [5, 5.41) is 4.74. The lowest BCUT2D eigenvalue weighted by Crippen LogP contribution is -2.08. The van der Waals surface area contributed by atoms with Crippen LogP contribution in [0.25, 0.3) is 0 Å². The lowest BCUT2D eigenvalue weighted by molar-refractivity contribution is 0.0990. The highest BCUT2D eigenvalue weighted by Crippen LogP contribution is 2.24. The first kappa shape index (κ1) is 14.1. The number of Topliss-reactive ketones (excluding diaryl/α,β-unsaturated/α-hetero) is 1. The highest BCUT2D eigenvalue weighted by atomic mass is 79.9. The van der Waals surface area contributed by atoms with Crippen molar-refractivity contribution in [2.75, 3.05) is 5.73 Å². The molecule has 0 fully saturated rings. The number of carbonyl (C=O) groups is 1. The van der Waals surface area contributed by atoms with Crippen LogP contribution >= 0.6 is 27.5 Å². The van der Waals surface area contributed by atoms with E-state index in [-0.39, 0.29) is 12.2 Å². The Bertz CT molecular complexity index is 652. The Morgan fingerprint density at radius 2 is 2.21 bits per heavy atom. The summed E-state index contributed by atoms with van der Waals surface area (Å²) in [6.45, 7) is 1.82. The van der Waals surface area contributed by atoms with Gasteiger partial charge in [0.05, 0.1) is 22.8 Å². The largest absolute Gasteiger partial charge is 0.398 e. The Morgan fingerprint density at radius 3 is 2.74 bits per heavy atom. The van der Waals surface area contributed by atoms with E-state index in [4.69, 9.17) is 17.3 Å². The van der Waals surface area contributed by atoms with Crippen molar-refractivity contribution in [3.05, 3.63) is 44.6 Å². The van der Waals surface area contributed by atoms with Crippen LogP contribution in [0.15, 0.2) is 22.7 Å². The third-order valence-corrected chi connectivity index (χ3v) is 4.09. The van der Waals surface area contributed by atoms with E-state index < -0.39 is 0 Å². The van der Waals surface area contributed by atoms with Crippen LogP contribution in [-0.2, 0) is 13.5 Å². The molecule has 0 amide bonds. The quantitative estimate of drug-likeness (QED) is 0.688. The first-order valence-corrected chi connectivity index (χ1v) is 6.83. The summed E-state index contributed by atoms with van der Waals surface area (Å²) in [5.74, 6) is -0.0226. The highest BCUT2D eigenvalue weighted by molar-refractivity contribution is 9.10. The van der Waals surface area contributed by atoms with Crippen molar-refractivity contribution in [3.63, 3.8) is 0 Å². The van der Waals surface area contributed by atoms with Gasteiger partial charge in [-0.05, 0) is 41.1 Å². The van der Waals surface area contributed by atoms with Crippen molar-refractivity contribution in [2.24, 2.45) is 7.05 Å². The van der Waals surface area contributed by atoms with Gasteiger partial charge in [0, 0.05) is 22.8 Å². The SMILES string of the molecule is Cc1nn(C)c(CC(=O)c2ccc(N)c(Br)c2)c1Cl. The van der Waals surface area contributed by atoms with Gasteiger partial charge < -0.3 is 5.73 Å². The Labute approximate surface area is 124 Å². The number of anilines is 1. The molecular formula is C13H13BrClN3O. The van der Waals surface area contributed by atoms with E-state index in [0.717, 1.165) is 11.4 Å². The van der Waals surface area contributed by atoms with Crippen LogP contribution in [-0.4, -0.2) is 15.6 Å². The minimum Gasteiger partial charge on any atom is -0.398 e. The van der Waals surface area contributed by atoms with Crippen molar-refractivity contribution in [1.82, 2.24) is 9.78 Å². The zero-order valence-corrected chi connectivity index (χ0v) is 12.9. The third-order valence-electron chi connectivity index (χ3n) is 2.91. The molecule has 0 spiro atoms. The number of nitrogens with two attached hydrogens (primary N) is 1. The summed E-state index contributed by atoms with van der Waals surface area (Å²) in [4.78, 5) is 12.2. The lowest BCUT2D eigenvalue weighted by Gasteiger charge is -2.05. The molecule has 1 aromatic carbocycles. The molecule has 4 nitrogen and oxygen atoms in total. The summed E-state index contributed by atoms with van der Waals surface area (Å²) in [7, 11) is 1.78. The summed E-state index contributed by atoms with van der Waals surface area (Å²) in [6, 6.07) is 5.13. The monoisotopic (exact) mass is 341 g/mol. The number of rotatable bonds is 3. The molecule has 0 unspecified atom stereocenters. The molecular weight excluding hydrogens is 330 g/mol. The second kappa shape index (κ2) is 5.35. The van der Waals surface area contributed by atoms with Crippen LogP contribution in [0.1, 0.15) is 21.7 Å². The number of halogens is 2. The number of nitrogens with zero attached hydrogens (tertiary/aromatic N) is 2. The highest BCUT2D eigenvalue weighted by Gasteiger charge is 2.16. The van der Waals surface area contributed by atoms with Crippen molar-refractivity contribution in [3.8, 4) is 0 Å². The Balaban J connectivity index is 2.28. The zero-order valence-electron chi connectivity index (χ0n) is 10.6. The van der Waals surface area contributed by atoms with Crippen LogP contribution in [0.2, 0.25) is 5.02 Å². The predicted octanol–water partition coefficient (Wildman–Crippen LogP) is 3.15. The van der Waals surface area contributed by atoms with Gasteiger partial charge in [0.25, 0.3) is 0 Å². The summed E-state index contributed by atoms with van der Waals surface area (Å²) >= 11 is 9.45. The maximum Gasteiger partial charge on any atom is 0.168 e. The molecule has 1 aromatic heterocycles. The van der Waals surface area contributed by atoms with Crippen LogP contribution in [0.5, 0.6) is 0 Å². The molecule has 1 heterocycles. The number of aryl methyl sites for hydroxylation is 2. The Hall–Kier alpha value is -1.33. The molecule has 0 radical (unpaired) electrons. The second-order valence-electron chi connectivity index (χ2n) is 4.31. The van der Waals surface area contributed by atoms with Crippen molar-refractivity contribution >= 4 is 39.0 Å². The third kappa shape index (κ3) is 2.82. The van der Waals surface area contributed by atoms with Gasteiger partial charge in [-0.15, -0.1) is 0 Å². The molecule has 0 bridgehead atoms. The lowest BCUT2D eigenvalue weighted by atomic mass is 10.1. The standard InChI is InChI=1S/C13H13BrClN3O/c1-7-13(15)11(18(2)17-7)6-12(19)8-3-4-10(16)9(14)5-8/h3-5H,6,16H2,1-2H3. The first-order valence-electron chi connectivity index (χ1n) is 5.66. The fraction of sp³-hybridized carbons (Fsp3) is 0.231. The normalized spacial score (nSPS) is 10.7. The Kier molecular flexibility index (Phi) is 3.96. The van der Waals surface area contributed by atoms with E-state index >= 15 is 0 Å². The van der Waals surface area contributed by atoms with Crippen LogP contribution in [0, 0.1) is 6.92 Å². The van der Waals surface area contributed by atoms with Gasteiger partial charge in [0.1, 0.15) is 0 Å². The van der Waals surface area contributed by atoms with E-state index in [1.807, 2.05) is 6.92 Å². The number of benzene rings is 1. The van der Waals surface area contributed by atoms with Gasteiger partial charge in [0.15, 0.2) is 5.78 Å². The van der Waals surface area contributed by atoms with Crippen LogP contribution in [0.4, 0.5) is 5.69 Å². The number of hydrogen-bond acceptors (Lipinski definition) is 3. The molecule has 0 aliphatic heterocycles. The molecule has 0 saturated carbocycles. The average molecular weight is 343 g/mol. The van der Waals surface area contributed by atoms with E-state index in [9.17, 15) is 4.79 Å². The molecule has 100 valence electrons. The molecule has 0 aliphatic rings. The average Bonchev–Trinajstić information content (AvgIpc) is 2.59. The molecule has 0 saturated heterocycles. The zero-order chi connectivity index (χ0) is 14.2. The van der Waals surface area contributed by atoms with Crippen LogP contribution in [0.3, 0.4) is 0 Å². The predicted molar refractivity (Wildman–Crippen MR) is 79.5 cm³/mol. The smallest absolute Gasteiger partial charge is 0.168 e. The van der Waals surface area contributed by atoms with Gasteiger partial charge in [-0.1, -0.05) is 11.6 Å². The van der Waals surface area contributed by atoms with Crippen molar-refractivity contribution in [1.29, 1.82) is 0 Å². The molecule has 19 heavy (non-hydrogen) atoms. The Morgan fingerprint density at radius 1 is 1.53 bits per heavy atom. The maximum atomic E-state index is 12.2. The number of hydrogen-bond donors (Lipinski definition) is 1. The fourth-order valence-electron chi connectivity index (χ4n) is 1.83. The van der Waals surface area contributed by atoms with Crippen molar-refractivity contribution < 1.29 is 4.79 Å². The molecule has 2 aromatic rings. The maximum absolute atomic E-state index is 12.2. The van der Waals surface area contributed by atoms with Gasteiger partial charge in [-0.2, -0.15) is 5.10 Å². The van der Waals surface area contributed by atoms with Crippen LogP contribution < -0.4 is 5.73 Å². The minimum absolute atomic E-state index is 0.0226. The van der Waals surface area contributed by atoms with E-state index in [0.29, 0.717) is 20.7 Å². The molecule has 0 aliphatic carbocycles. The van der Waals surface area contributed by atoms with E-state index in [1.54, 1.807) is 29.9 Å². The number of carbonyl (C=O) groups excluding carboxylic acids is 1. The molecule has 0 atom stereocenters. The fourth-order valence-corrected chi connectivity index (χ4v) is 2.43. The van der Waals surface area contributed by atoms with E-state index in [1.165, 1.54) is 0 Å². The van der Waals surface area contributed by atoms with Gasteiger partial charge in [0.2, 0.25) is 0 Å². The topological polar surface area (TPSA) is 60.9 Å². The second-order valence-corrected chi connectivity index (χ2v) is 5.54. The van der Waals surface area contributed by atoms with Gasteiger partial charge in [-0.3, -0.25) is 9.48 Å². The molecule has 2 rings (SSSR count). The van der Waals surface area contributed by atoms with E-state index in [2.05, 4.69) is 21.0 Å². The minimum atomic E-state index is -0.0226.